The molecular weight excluding hydrogens is 264 g/mol. The Labute approximate surface area is 130 Å². The fourth-order valence-corrected chi connectivity index (χ4v) is 4.37. The lowest BCUT2D eigenvalue weighted by molar-refractivity contribution is -0.00461. The topological polar surface area (TPSA) is 33.7 Å². The molecule has 1 saturated carbocycles. The highest BCUT2D eigenvalue weighted by Gasteiger charge is 2.36. The maximum Gasteiger partial charge on any atom is 0.0971 e. The van der Waals surface area contributed by atoms with E-state index in [-0.39, 0.29) is 12.2 Å². The summed E-state index contributed by atoms with van der Waals surface area (Å²) in [4.78, 5) is 2.55. The van der Waals surface area contributed by atoms with E-state index in [1.165, 1.54) is 38.6 Å². The monoisotopic (exact) mass is 298 g/mol. The lowest BCUT2D eigenvalue weighted by Crippen LogP contribution is -2.44. The van der Waals surface area contributed by atoms with E-state index in [1.54, 1.807) is 14.2 Å². The van der Waals surface area contributed by atoms with Crippen molar-refractivity contribution in [2.24, 2.45) is 11.8 Å². The molecule has 1 aliphatic heterocycles. The van der Waals surface area contributed by atoms with Gasteiger partial charge in [-0.15, -0.1) is 0 Å². The van der Waals surface area contributed by atoms with E-state index in [9.17, 15) is 0 Å². The molecule has 21 heavy (non-hydrogen) atoms. The molecule has 0 radical (unpaired) electrons. The molecule has 5 unspecified atom stereocenters. The van der Waals surface area contributed by atoms with Crippen LogP contribution in [-0.4, -0.2) is 64.1 Å². The number of likely N-dealkylation sites (tertiary alicyclic amines) is 1. The molecule has 5 atom stereocenters. The average Bonchev–Trinajstić information content (AvgIpc) is 2.90. The summed E-state index contributed by atoms with van der Waals surface area (Å²) in [5.74, 6) is 1.71. The third-order valence-corrected chi connectivity index (χ3v) is 5.55. The third kappa shape index (κ3) is 4.41. The Morgan fingerprint density at radius 2 is 1.76 bits per heavy atom. The van der Waals surface area contributed by atoms with Crippen LogP contribution in [-0.2, 0) is 9.47 Å². The standard InChI is InChI=1S/C17H34N2O2/c1-5-6-13-7-8-15(18-2)14(9-13)10-19-11-16(20-3)17(12-19)21-4/h13-18H,5-12H2,1-4H3. The Morgan fingerprint density at radius 1 is 1.10 bits per heavy atom. The molecule has 1 heterocycles. The van der Waals surface area contributed by atoms with E-state index in [2.05, 4.69) is 24.2 Å². The highest BCUT2D eigenvalue weighted by atomic mass is 16.5. The van der Waals surface area contributed by atoms with Gasteiger partial charge in [-0.05, 0) is 38.1 Å². The van der Waals surface area contributed by atoms with Crippen LogP contribution < -0.4 is 5.32 Å². The zero-order valence-corrected chi connectivity index (χ0v) is 14.3. The van der Waals surface area contributed by atoms with Gasteiger partial charge in [0, 0.05) is 39.9 Å². The first-order valence-electron chi connectivity index (χ1n) is 8.67. The van der Waals surface area contributed by atoms with Crippen molar-refractivity contribution in [3.63, 3.8) is 0 Å². The van der Waals surface area contributed by atoms with Gasteiger partial charge in [0.2, 0.25) is 0 Å². The quantitative estimate of drug-likeness (QED) is 0.781. The largest absolute Gasteiger partial charge is 0.377 e. The summed E-state index contributed by atoms with van der Waals surface area (Å²) in [7, 11) is 5.72. The molecule has 1 N–H and O–H groups in total. The van der Waals surface area contributed by atoms with Gasteiger partial charge in [-0.25, -0.2) is 0 Å². The lowest BCUT2D eigenvalue weighted by atomic mass is 9.76. The number of nitrogens with one attached hydrogen (secondary N) is 1. The van der Waals surface area contributed by atoms with Gasteiger partial charge in [0.1, 0.15) is 0 Å². The summed E-state index contributed by atoms with van der Waals surface area (Å²) in [6.07, 6.45) is 7.30. The molecule has 1 saturated heterocycles. The van der Waals surface area contributed by atoms with Crippen molar-refractivity contribution in [1.29, 1.82) is 0 Å². The molecule has 0 spiro atoms. The van der Waals surface area contributed by atoms with Gasteiger partial charge >= 0.3 is 0 Å². The first-order chi connectivity index (χ1) is 10.2. The Morgan fingerprint density at radius 3 is 2.29 bits per heavy atom. The summed E-state index contributed by atoms with van der Waals surface area (Å²) in [6, 6.07) is 0.681. The van der Waals surface area contributed by atoms with Crippen LogP contribution in [0.3, 0.4) is 0 Å². The van der Waals surface area contributed by atoms with Gasteiger partial charge < -0.3 is 14.8 Å². The van der Waals surface area contributed by atoms with Crippen molar-refractivity contribution in [2.45, 2.75) is 57.3 Å². The molecule has 1 aliphatic carbocycles. The molecule has 2 fully saturated rings. The van der Waals surface area contributed by atoms with E-state index < -0.39 is 0 Å². The number of hydrogen-bond acceptors (Lipinski definition) is 4. The fraction of sp³-hybridized carbons (Fsp3) is 1.00. The van der Waals surface area contributed by atoms with Crippen molar-refractivity contribution < 1.29 is 9.47 Å². The van der Waals surface area contributed by atoms with E-state index in [4.69, 9.17) is 9.47 Å². The van der Waals surface area contributed by atoms with E-state index in [1.807, 2.05) is 0 Å². The van der Waals surface area contributed by atoms with Gasteiger partial charge in [0.15, 0.2) is 0 Å². The Bertz CT molecular complexity index is 289. The average molecular weight is 298 g/mol. The van der Waals surface area contributed by atoms with Gasteiger partial charge in [-0.1, -0.05) is 19.8 Å². The minimum Gasteiger partial charge on any atom is -0.377 e. The number of methoxy groups -OCH3 is 2. The highest BCUT2D eigenvalue weighted by Crippen LogP contribution is 2.33. The number of rotatable bonds is 7. The van der Waals surface area contributed by atoms with Gasteiger partial charge in [-0.2, -0.15) is 0 Å². The minimum atomic E-state index is 0.234. The van der Waals surface area contributed by atoms with Crippen LogP contribution in [0.5, 0.6) is 0 Å². The van der Waals surface area contributed by atoms with Crippen LogP contribution in [0, 0.1) is 11.8 Å². The fourth-order valence-electron chi connectivity index (χ4n) is 4.37. The van der Waals surface area contributed by atoms with Crippen LogP contribution in [0.4, 0.5) is 0 Å². The molecule has 4 heteroatoms. The van der Waals surface area contributed by atoms with Crippen molar-refractivity contribution in [2.75, 3.05) is 40.9 Å². The summed E-state index contributed by atoms with van der Waals surface area (Å²) in [6.45, 7) is 5.53. The summed E-state index contributed by atoms with van der Waals surface area (Å²) in [5, 5.41) is 3.55. The molecule has 4 nitrogen and oxygen atoms in total. The zero-order chi connectivity index (χ0) is 15.2. The second-order valence-electron chi connectivity index (χ2n) is 6.89. The van der Waals surface area contributed by atoms with Crippen molar-refractivity contribution >= 4 is 0 Å². The number of nitrogens with zero attached hydrogens (tertiary/aromatic N) is 1. The zero-order valence-electron chi connectivity index (χ0n) is 14.3. The van der Waals surface area contributed by atoms with Crippen LogP contribution >= 0.6 is 0 Å². The molecule has 0 amide bonds. The second kappa shape index (κ2) is 8.47. The molecule has 0 bridgehead atoms. The van der Waals surface area contributed by atoms with Crippen molar-refractivity contribution in [3.05, 3.63) is 0 Å². The van der Waals surface area contributed by atoms with E-state index >= 15 is 0 Å². The first-order valence-corrected chi connectivity index (χ1v) is 8.67. The van der Waals surface area contributed by atoms with Crippen molar-refractivity contribution in [1.82, 2.24) is 10.2 Å². The minimum absolute atomic E-state index is 0.234. The predicted molar refractivity (Wildman–Crippen MR) is 86.6 cm³/mol. The summed E-state index contributed by atoms with van der Waals surface area (Å²) in [5.41, 5.74) is 0. The lowest BCUT2D eigenvalue weighted by Gasteiger charge is -2.38. The van der Waals surface area contributed by atoms with E-state index in [0.717, 1.165) is 24.9 Å². The molecular formula is C17H34N2O2. The maximum atomic E-state index is 5.56. The van der Waals surface area contributed by atoms with Gasteiger partial charge in [-0.3, -0.25) is 4.90 Å². The normalized spacial score (nSPS) is 38.0. The maximum absolute atomic E-state index is 5.56. The SMILES string of the molecule is CCCC1CCC(NC)C(CN2CC(OC)C(OC)C2)C1. The first kappa shape index (κ1) is 17.2. The van der Waals surface area contributed by atoms with Crippen LogP contribution in [0.1, 0.15) is 39.0 Å². The number of ether oxygens (including phenoxy) is 2. The van der Waals surface area contributed by atoms with Gasteiger partial charge in [0.25, 0.3) is 0 Å². The molecule has 0 aromatic heterocycles. The molecule has 124 valence electrons. The van der Waals surface area contributed by atoms with Crippen molar-refractivity contribution in [3.8, 4) is 0 Å². The van der Waals surface area contributed by atoms with Gasteiger partial charge in [0.05, 0.1) is 12.2 Å². The van der Waals surface area contributed by atoms with E-state index in [0.29, 0.717) is 6.04 Å². The molecule has 0 aromatic rings. The summed E-state index contributed by atoms with van der Waals surface area (Å²) >= 11 is 0. The van der Waals surface area contributed by atoms with Crippen LogP contribution in [0.25, 0.3) is 0 Å². The van der Waals surface area contributed by atoms with Crippen LogP contribution in [0.2, 0.25) is 0 Å². The molecule has 0 aromatic carbocycles. The Balaban J connectivity index is 1.89. The highest BCUT2D eigenvalue weighted by molar-refractivity contribution is 4.91. The number of hydrogen-bond donors (Lipinski definition) is 1. The smallest absolute Gasteiger partial charge is 0.0971 e. The Hall–Kier alpha value is -0.160. The van der Waals surface area contributed by atoms with Crippen LogP contribution in [0.15, 0.2) is 0 Å². The third-order valence-electron chi connectivity index (χ3n) is 5.55. The predicted octanol–water partition coefficient (Wildman–Crippen LogP) is 2.14. The second-order valence-corrected chi connectivity index (χ2v) is 6.89. The molecule has 2 aliphatic rings. The Kier molecular flexibility index (Phi) is 6.93. The summed E-state index contributed by atoms with van der Waals surface area (Å²) < 4.78 is 11.1. The molecule has 2 rings (SSSR count).